The number of carbonyl (C=O) groups is 1. The molecule has 4 aromatic carbocycles. The van der Waals surface area contributed by atoms with Gasteiger partial charge in [0.2, 0.25) is 5.91 Å². The zero-order valence-electron chi connectivity index (χ0n) is 24.5. The van der Waals surface area contributed by atoms with Crippen LogP contribution in [-0.4, -0.2) is 42.3 Å². The molecule has 0 unspecified atom stereocenters. The summed E-state index contributed by atoms with van der Waals surface area (Å²) in [5.41, 5.74) is 12.1. The Balaban J connectivity index is 1.07. The van der Waals surface area contributed by atoms with Gasteiger partial charge in [-0.3, -0.25) is 9.69 Å². The van der Waals surface area contributed by atoms with Crippen LogP contribution in [0.3, 0.4) is 0 Å². The third kappa shape index (κ3) is 5.52. The van der Waals surface area contributed by atoms with Gasteiger partial charge in [-0.2, -0.15) is 0 Å². The lowest BCUT2D eigenvalue weighted by Crippen LogP contribution is -2.47. The molecule has 5 nitrogen and oxygen atoms in total. The Morgan fingerprint density at radius 1 is 0.810 bits per heavy atom. The maximum absolute atomic E-state index is 13.2. The van der Waals surface area contributed by atoms with Gasteiger partial charge >= 0.3 is 0 Å². The average Bonchev–Trinajstić information content (AvgIpc) is 3.50. The molecule has 1 heterocycles. The second-order valence-corrected chi connectivity index (χ2v) is 12.2. The van der Waals surface area contributed by atoms with E-state index in [2.05, 4.69) is 61.2 Å². The Kier molecular flexibility index (Phi) is 8.00. The molecule has 1 fully saturated rings. The number of nitrogens with two attached hydrogens (primary N) is 1. The smallest absolute Gasteiger partial charge is 0.232 e. The fraction of sp³-hybridized carbons (Fsp3) is 0.324. The van der Waals surface area contributed by atoms with Gasteiger partial charge in [0, 0.05) is 18.6 Å². The highest BCUT2D eigenvalue weighted by atomic mass is 16.7. The van der Waals surface area contributed by atoms with Gasteiger partial charge in [-0.25, -0.2) is 0 Å². The quantitative estimate of drug-likeness (QED) is 0.193. The van der Waals surface area contributed by atoms with Crippen LogP contribution in [0.5, 0.6) is 0 Å². The monoisotopic (exact) mass is 560 g/mol. The molecule has 2 aliphatic rings. The normalized spacial score (nSPS) is 18.5. The summed E-state index contributed by atoms with van der Waals surface area (Å²) in [5, 5.41) is 0. The molecule has 42 heavy (non-hydrogen) atoms. The van der Waals surface area contributed by atoms with Crippen molar-refractivity contribution in [3.8, 4) is 11.1 Å². The van der Waals surface area contributed by atoms with Crippen LogP contribution < -0.4 is 5.73 Å². The molecule has 1 amide bonds. The molecule has 2 atom stereocenters. The van der Waals surface area contributed by atoms with Crippen molar-refractivity contribution in [1.82, 2.24) is 4.90 Å². The average molecular weight is 561 g/mol. The number of amides is 1. The molecule has 1 aliphatic carbocycles. The molecular weight excluding hydrogens is 520 g/mol. The summed E-state index contributed by atoms with van der Waals surface area (Å²) in [6.07, 6.45) is 2.52. The van der Waals surface area contributed by atoms with Crippen LogP contribution >= 0.6 is 0 Å². The molecule has 2 N–H and O–H groups in total. The van der Waals surface area contributed by atoms with Gasteiger partial charge in [-0.05, 0) is 66.5 Å². The first-order chi connectivity index (χ1) is 20.4. The Morgan fingerprint density at radius 3 is 2.05 bits per heavy atom. The maximum Gasteiger partial charge on any atom is 0.232 e. The Labute approximate surface area is 249 Å². The van der Waals surface area contributed by atoms with Crippen LogP contribution in [0.1, 0.15) is 61.5 Å². The topological polar surface area (TPSA) is 64.8 Å². The number of nitrogens with zero attached hydrogens (tertiary/aromatic N) is 1. The molecule has 1 saturated heterocycles. The standard InChI is InChI=1S/C37H40N2O3/c1-36(2,22-23-37(35(38)40,28-15-8-4-9-16-28)29-17-10-5-11-18-29)39-24-21-30(25-39)41-26-42-34-32-20-12-19-31(33(32)34)27-13-6-3-7-14-27/h3-20,30,34H,21-26H2,1-2H3,(H2,38,40)/t30-,34-/m0/s1. The second-order valence-electron chi connectivity index (χ2n) is 12.2. The lowest BCUT2D eigenvalue weighted by molar-refractivity contribution is -0.122. The maximum atomic E-state index is 13.2. The summed E-state index contributed by atoms with van der Waals surface area (Å²) >= 11 is 0. The molecule has 0 radical (unpaired) electrons. The molecular formula is C37H40N2O3. The number of ether oxygens (including phenoxy) is 2. The Hall–Kier alpha value is -3.77. The van der Waals surface area contributed by atoms with E-state index in [0.717, 1.165) is 37.1 Å². The predicted molar refractivity (Wildman–Crippen MR) is 167 cm³/mol. The fourth-order valence-corrected chi connectivity index (χ4v) is 6.65. The first-order valence-corrected chi connectivity index (χ1v) is 15.0. The second kappa shape index (κ2) is 11.8. The van der Waals surface area contributed by atoms with Crippen molar-refractivity contribution in [2.45, 2.75) is 56.3 Å². The number of hydrogen-bond acceptors (Lipinski definition) is 4. The molecule has 4 aromatic rings. The van der Waals surface area contributed by atoms with Crippen LogP contribution in [0.15, 0.2) is 109 Å². The van der Waals surface area contributed by atoms with Crippen molar-refractivity contribution in [2.75, 3.05) is 19.9 Å². The van der Waals surface area contributed by atoms with E-state index in [1.807, 2.05) is 66.7 Å². The van der Waals surface area contributed by atoms with Gasteiger partial charge < -0.3 is 15.2 Å². The molecule has 216 valence electrons. The van der Waals surface area contributed by atoms with Crippen molar-refractivity contribution in [2.24, 2.45) is 5.73 Å². The zero-order chi connectivity index (χ0) is 29.2. The highest BCUT2D eigenvalue weighted by Crippen LogP contribution is 2.50. The van der Waals surface area contributed by atoms with Gasteiger partial charge in [-0.1, -0.05) is 109 Å². The first-order valence-electron chi connectivity index (χ1n) is 15.0. The van der Waals surface area contributed by atoms with Crippen LogP contribution in [0.4, 0.5) is 0 Å². The molecule has 6 rings (SSSR count). The highest BCUT2D eigenvalue weighted by molar-refractivity contribution is 5.90. The Bertz CT molecular complexity index is 1460. The number of primary amides is 1. The van der Waals surface area contributed by atoms with E-state index in [-0.39, 0.29) is 30.4 Å². The van der Waals surface area contributed by atoms with E-state index in [1.165, 1.54) is 22.3 Å². The molecule has 0 saturated carbocycles. The van der Waals surface area contributed by atoms with Crippen LogP contribution in [0.25, 0.3) is 11.1 Å². The van der Waals surface area contributed by atoms with Crippen LogP contribution in [0.2, 0.25) is 0 Å². The first kappa shape index (κ1) is 28.4. The largest absolute Gasteiger partial charge is 0.369 e. The van der Waals surface area contributed by atoms with E-state index < -0.39 is 5.41 Å². The highest BCUT2D eigenvalue weighted by Gasteiger charge is 2.43. The molecule has 5 heteroatoms. The predicted octanol–water partition coefficient (Wildman–Crippen LogP) is 6.85. The number of carbonyl (C=O) groups excluding carboxylic acids is 1. The zero-order valence-corrected chi connectivity index (χ0v) is 24.5. The Morgan fingerprint density at radius 2 is 1.43 bits per heavy atom. The lowest BCUT2D eigenvalue weighted by atomic mass is 9.69. The van der Waals surface area contributed by atoms with E-state index in [1.54, 1.807) is 0 Å². The van der Waals surface area contributed by atoms with E-state index in [4.69, 9.17) is 15.2 Å². The number of rotatable bonds is 12. The molecule has 0 aromatic heterocycles. The minimum Gasteiger partial charge on any atom is -0.369 e. The molecule has 0 spiro atoms. The van der Waals surface area contributed by atoms with E-state index in [9.17, 15) is 4.79 Å². The minimum atomic E-state index is -0.888. The van der Waals surface area contributed by atoms with Gasteiger partial charge in [0.1, 0.15) is 12.9 Å². The number of hydrogen-bond donors (Lipinski definition) is 1. The van der Waals surface area contributed by atoms with Gasteiger partial charge in [0.25, 0.3) is 0 Å². The van der Waals surface area contributed by atoms with Gasteiger partial charge in [0.15, 0.2) is 0 Å². The van der Waals surface area contributed by atoms with Crippen molar-refractivity contribution in [1.29, 1.82) is 0 Å². The molecule has 0 bridgehead atoms. The van der Waals surface area contributed by atoms with Crippen molar-refractivity contribution in [3.05, 3.63) is 131 Å². The summed E-state index contributed by atoms with van der Waals surface area (Å²) in [4.78, 5) is 15.7. The number of likely N-dealkylation sites (tertiary alicyclic amines) is 1. The number of fused-ring (bicyclic) bond motifs is 1. The summed E-state index contributed by atoms with van der Waals surface area (Å²) in [6.45, 7) is 6.58. The van der Waals surface area contributed by atoms with Crippen molar-refractivity contribution < 1.29 is 14.3 Å². The lowest BCUT2D eigenvalue weighted by Gasteiger charge is -2.40. The van der Waals surface area contributed by atoms with Crippen molar-refractivity contribution >= 4 is 5.91 Å². The minimum absolute atomic E-state index is 0.0158. The van der Waals surface area contributed by atoms with Gasteiger partial charge in [-0.15, -0.1) is 0 Å². The van der Waals surface area contributed by atoms with E-state index in [0.29, 0.717) is 6.42 Å². The fourth-order valence-electron chi connectivity index (χ4n) is 6.65. The summed E-state index contributed by atoms with van der Waals surface area (Å²) in [7, 11) is 0. The molecule has 1 aliphatic heterocycles. The number of benzene rings is 4. The summed E-state index contributed by atoms with van der Waals surface area (Å²) in [5.74, 6) is -0.313. The van der Waals surface area contributed by atoms with Crippen LogP contribution in [-0.2, 0) is 19.7 Å². The third-order valence-electron chi connectivity index (χ3n) is 9.29. The van der Waals surface area contributed by atoms with Gasteiger partial charge in [0.05, 0.1) is 11.5 Å². The third-order valence-corrected chi connectivity index (χ3v) is 9.29. The van der Waals surface area contributed by atoms with Crippen LogP contribution in [0, 0.1) is 0 Å². The summed E-state index contributed by atoms with van der Waals surface area (Å²) < 4.78 is 12.4. The van der Waals surface area contributed by atoms with Crippen molar-refractivity contribution in [3.63, 3.8) is 0 Å². The summed E-state index contributed by atoms with van der Waals surface area (Å²) in [6, 6.07) is 36.8. The SMILES string of the molecule is CC(C)(CCC(C(N)=O)(c1ccccc1)c1ccccc1)N1CC[C@H](OCO[C@H]2c3cccc(-c4ccccc4)c32)C1. The van der Waals surface area contributed by atoms with E-state index >= 15 is 0 Å².